The maximum Gasteiger partial charge on any atom is 0.104 e. The Labute approximate surface area is 120 Å². The number of benzene rings is 1. The van der Waals surface area contributed by atoms with Gasteiger partial charge in [0.15, 0.2) is 0 Å². The molecule has 1 aliphatic rings. The molecule has 3 nitrogen and oxygen atoms in total. The molecule has 0 aliphatic carbocycles. The Bertz CT molecular complexity index is 632. The standard InChI is InChI=1S/C16H18N2OS/c1-14(19)11-20(18-9-8-17-13-18)10-7-16(12-20)15-5-3-2-4-6-15/h2-10,12-14,19H,11H2,1H3. The summed E-state index contributed by atoms with van der Waals surface area (Å²) in [6.07, 6.45) is 7.42. The molecule has 3 rings (SSSR count). The Hall–Kier alpha value is -1.78. The van der Waals surface area contributed by atoms with Gasteiger partial charge in [0, 0.05) is 18.1 Å². The number of hydrogen-bond acceptors (Lipinski definition) is 2. The van der Waals surface area contributed by atoms with Crippen molar-refractivity contribution in [3.63, 3.8) is 0 Å². The molecular formula is C16H18N2OS. The van der Waals surface area contributed by atoms with Crippen LogP contribution in [0.25, 0.3) is 5.57 Å². The Morgan fingerprint density at radius 3 is 2.75 bits per heavy atom. The van der Waals surface area contributed by atoms with Gasteiger partial charge in [0.25, 0.3) is 0 Å². The summed E-state index contributed by atoms with van der Waals surface area (Å²) >= 11 is 0. The fourth-order valence-electron chi connectivity index (χ4n) is 2.44. The molecule has 1 N–H and O–H groups in total. The van der Waals surface area contributed by atoms with Crippen LogP contribution in [0.2, 0.25) is 0 Å². The van der Waals surface area contributed by atoms with Gasteiger partial charge in [0.05, 0.1) is 6.10 Å². The van der Waals surface area contributed by atoms with Crippen molar-refractivity contribution in [3.05, 3.63) is 71.5 Å². The topological polar surface area (TPSA) is 38.0 Å². The molecule has 2 aromatic rings. The van der Waals surface area contributed by atoms with E-state index >= 15 is 0 Å². The van der Waals surface area contributed by atoms with Gasteiger partial charge in [0.2, 0.25) is 0 Å². The summed E-state index contributed by atoms with van der Waals surface area (Å²) in [6, 6.07) is 10.3. The summed E-state index contributed by atoms with van der Waals surface area (Å²) in [5.41, 5.74) is 2.43. The molecule has 0 fully saturated rings. The van der Waals surface area contributed by atoms with E-state index in [-0.39, 0.29) is 6.10 Å². The van der Waals surface area contributed by atoms with E-state index in [4.69, 9.17) is 0 Å². The molecule has 2 heterocycles. The molecule has 0 spiro atoms. The van der Waals surface area contributed by atoms with Crippen molar-refractivity contribution < 1.29 is 5.11 Å². The predicted molar refractivity (Wildman–Crippen MR) is 85.3 cm³/mol. The fourth-order valence-corrected chi connectivity index (χ4v) is 5.48. The van der Waals surface area contributed by atoms with Crippen LogP contribution in [-0.2, 0) is 0 Å². The lowest BCUT2D eigenvalue weighted by Gasteiger charge is -2.34. The minimum absolute atomic E-state index is 0.344. The minimum Gasteiger partial charge on any atom is -0.393 e. The van der Waals surface area contributed by atoms with Gasteiger partial charge in [-0.15, -0.1) is 10.2 Å². The number of aliphatic hydroxyl groups is 1. The van der Waals surface area contributed by atoms with Crippen LogP contribution in [0.3, 0.4) is 0 Å². The van der Waals surface area contributed by atoms with Crippen LogP contribution in [-0.4, -0.2) is 25.9 Å². The lowest BCUT2D eigenvalue weighted by atomic mass is 10.1. The van der Waals surface area contributed by atoms with Gasteiger partial charge in [-0.3, -0.25) is 3.97 Å². The predicted octanol–water partition coefficient (Wildman–Crippen LogP) is 3.40. The van der Waals surface area contributed by atoms with Crippen LogP contribution in [0.5, 0.6) is 0 Å². The molecular weight excluding hydrogens is 268 g/mol. The third kappa shape index (κ3) is 2.44. The highest BCUT2D eigenvalue weighted by Gasteiger charge is 2.27. The third-order valence-electron chi connectivity index (χ3n) is 3.30. The van der Waals surface area contributed by atoms with Gasteiger partial charge in [-0.2, -0.15) is 0 Å². The first-order chi connectivity index (χ1) is 9.70. The largest absolute Gasteiger partial charge is 0.393 e. The zero-order valence-electron chi connectivity index (χ0n) is 11.4. The number of hydrogen-bond donors (Lipinski definition) is 1. The van der Waals surface area contributed by atoms with Gasteiger partial charge >= 0.3 is 0 Å². The molecule has 0 saturated heterocycles. The number of aromatic nitrogens is 2. The normalized spacial score (nSPS) is 26.0. The second-order valence-corrected chi connectivity index (χ2v) is 7.87. The van der Waals surface area contributed by atoms with Gasteiger partial charge < -0.3 is 5.11 Å². The fraction of sp³-hybridized carbons (Fsp3) is 0.188. The molecule has 0 saturated carbocycles. The van der Waals surface area contributed by atoms with Crippen molar-refractivity contribution in [1.29, 1.82) is 0 Å². The van der Waals surface area contributed by atoms with E-state index in [0.717, 1.165) is 5.75 Å². The van der Waals surface area contributed by atoms with Crippen molar-refractivity contribution in [3.8, 4) is 0 Å². The average Bonchev–Trinajstić information content (AvgIpc) is 3.08. The van der Waals surface area contributed by atoms with E-state index in [1.54, 1.807) is 6.20 Å². The third-order valence-corrected chi connectivity index (χ3v) is 6.59. The highest BCUT2D eigenvalue weighted by molar-refractivity contribution is 8.37. The smallest absolute Gasteiger partial charge is 0.104 e. The Morgan fingerprint density at radius 1 is 1.30 bits per heavy atom. The Kier molecular flexibility index (Phi) is 3.51. The molecule has 1 aromatic carbocycles. The lowest BCUT2D eigenvalue weighted by Crippen LogP contribution is -2.16. The van der Waals surface area contributed by atoms with E-state index < -0.39 is 10.2 Å². The van der Waals surface area contributed by atoms with Crippen LogP contribution in [0.4, 0.5) is 0 Å². The molecule has 0 radical (unpaired) electrons. The number of rotatable bonds is 4. The maximum atomic E-state index is 9.86. The molecule has 2 atom stereocenters. The lowest BCUT2D eigenvalue weighted by molar-refractivity contribution is 0.219. The van der Waals surface area contributed by atoms with Crippen LogP contribution in [0.15, 0.2) is 65.9 Å². The summed E-state index contributed by atoms with van der Waals surface area (Å²) in [5.74, 6) is 0.718. The van der Waals surface area contributed by atoms with E-state index in [9.17, 15) is 5.11 Å². The maximum absolute atomic E-state index is 9.86. The quantitative estimate of drug-likeness (QED) is 0.935. The van der Waals surface area contributed by atoms with Crippen LogP contribution < -0.4 is 0 Å². The summed E-state index contributed by atoms with van der Waals surface area (Å²) < 4.78 is 2.13. The molecule has 0 amide bonds. The molecule has 2 unspecified atom stereocenters. The number of aliphatic hydroxyl groups excluding tert-OH is 1. The second-order valence-electron chi connectivity index (χ2n) is 4.99. The SMILES string of the molecule is CC(O)CS1(n2ccnc2)C=CC(c2ccccc2)=C1. The van der Waals surface area contributed by atoms with Crippen molar-refractivity contribution in [1.82, 2.24) is 8.96 Å². The van der Waals surface area contributed by atoms with Gasteiger partial charge in [-0.25, -0.2) is 4.98 Å². The summed E-state index contributed by atoms with van der Waals surface area (Å²) in [5, 5.41) is 14.4. The number of imidazole rings is 1. The average molecular weight is 286 g/mol. The van der Waals surface area contributed by atoms with Crippen molar-refractivity contribution in [2.45, 2.75) is 13.0 Å². The zero-order chi connectivity index (χ0) is 14.0. The number of nitrogens with zero attached hydrogens (tertiary/aromatic N) is 2. The van der Waals surface area contributed by atoms with Crippen LogP contribution >= 0.6 is 10.2 Å². The molecule has 1 aromatic heterocycles. The molecule has 4 heteroatoms. The first-order valence-electron chi connectivity index (χ1n) is 6.62. The minimum atomic E-state index is -1.33. The molecule has 1 aliphatic heterocycles. The van der Waals surface area contributed by atoms with E-state index in [0.29, 0.717) is 0 Å². The Morgan fingerprint density at radius 2 is 2.10 bits per heavy atom. The van der Waals surface area contributed by atoms with E-state index in [1.807, 2.05) is 37.6 Å². The van der Waals surface area contributed by atoms with Gasteiger partial charge in [-0.05, 0) is 35.0 Å². The van der Waals surface area contributed by atoms with Crippen molar-refractivity contribution >= 4 is 15.8 Å². The number of allylic oxidation sites excluding steroid dienone is 2. The van der Waals surface area contributed by atoms with Crippen molar-refractivity contribution in [2.75, 3.05) is 5.75 Å². The molecule has 20 heavy (non-hydrogen) atoms. The highest BCUT2D eigenvalue weighted by atomic mass is 32.3. The summed E-state index contributed by atoms with van der Waals surface area (Å²) in [4.78, 5) is 4.16. The zero-order valence-corrected chi connectivity index (χ0v) is 12.2. The first kappa shape index (κ1) is 13.2. The first-order valence-corrected chi connectivity index (χ1v) is 8.51. The van der Waals surface area contributed by atoms with Gasteiger partial charge in [0.1, 0.15) is 6.33 Å². The monoisotopic (exact) mass is 286 g/mol. The van der Waals surface area contributed by atoms with Crippen molar-refractivity contribution in [2.24, 2.45) is 0 Å². The Balaban J connectivity index is 2.02. The van der Waals surface area contributed by atoms with E-state index in [2.05, 4.69) is 38.0 Å². The second kappa shape index (κ2) is 5.31. The summed E-state index contributed by atoms with van der Waals surface area (Å²) in [6.45, 7) is 1.84. The van der Waals surface area contributed by atoms with Crippen LogP contribution in [0.1, 0.15) is 12.5 Å². The molecule has 104 valence electrons. The van der Waals surface area contributed by atoms with Crippen LogP contribution in [0, 0.1) is 0 Å². The van der Waals surface area contributed by atoms with E-state index in [1.165, 1.54) is 11.1 Å². The summed E-state index contributed by atoms with van der Waals surface area (Å²) in [7, 11) is -1.33. The highest BCUT2D eigenvalue weighted by Crippen LogP contribution is 2.58. The van der Waals surface area contributed by atoms with Gasteiger partial charge in [-0.1, -0.05) is 30.3 Å². The molecule has 0 bridgehead atoms.